The van der Waals surface area contributed by atoms with Crippen LogP contribution in [0.15, 0.2) is 30.3 Å². The lowest BCUT2D eigenvalue weighted by Crippen LogP contribution is -2.72. The van der Waals surface area contributed by atoms with Gasteiger partial charge in [0, 0.05) is 11.3 Å². The molecule has 0 bridgehead atoms. The highest BCUT2D eigenvalue weighted by atomic mass is 32.1. The lowest BCUT2D eigenvalue weighted by atomic mass is 9.95. The van der Waals surface area contributed by atoms with E-state index in [0.29, 0.717) is 53.0 Å². The van der Waals surface area contributed by atoms with Crippen molar-refractivity contribution in [2.45, 2.75) is 56.5 Å². The minimum absolute atomic E-state index is 0.0564. The van der Waals surface area contributed by atoms with E-state index in [1.165, 1.54) is 5.32 Å². The number of carbonyl (C=O) groups excluding carboxylic acids is 2. The fourth-order valence-electron chi connectivity index (χ4n) is 3.79. The lowest BCUT2D eigenvalue weighted by molar-refractivity contribution is -0.295. The van der Waals surface area contributed by atoms with Crippen molar-refractivity contribution in [1.82, 2.24) is 5.32 Å². The van der Waals surface area contributed by atoms with Gasteiger partial charge >= 0.3 is 24.0 Å². The van der Waals surface area contributed by atoms with Crippen LogP contribution < -0.4 is 10.6 Å². The standard InChI is InChI=1S/C22H22F6N2O3S/c1-33-19(32)17-14-9-5-6-10-15(14)34-18(17)30-20(21(23,24)25,22(26,27)28)29-16(31)12-11-13-7-3-2-4-8-13/h2-4,7-8,30H,5-6,9-12H2,1H3,(H,29,31). The van der Waals surface area contributed by atoms with Crippen molar-refractivity contribution < 1.29 is 40.7 Å². The first-order valence-corrected chi connectivity index (χ1v) is 11.2. The van der Waals surface area contributed by atoms with Gasteiger partial charge in [-0.15, -0.1) is 11.3 Å². The molecule has 1 aliphatic carbocycles. The first kappa shape index (κ1) is 25.9. The maximum absolute atomic E-state index is 14.1. The zero-order valence-electron chi connectivity index (χ0n) is 18.0. The number of carbonyl (C=O) groups is 2. The van der Waals surface area contributed by atoms with Crippen molar-refractivity contribution in [3.63, 3.8) is 0 Å². The summed E-state index contributed by atoms with van der Waals surface area (Å²) in [6, 6.07) is 8.16. The van der Waals surface area contributed by atoms with Gasteiger partial charge in [-0.05, 0) is 43.2 Å². The maximum Gasteiger partial charge on any atom is 0.439 e. The van der Waals surface area contributed by atoms with E-state index in [4.69, 9.17) is 0 Å². The number of halogens is 6. The Hall–Kier alpha value is -2.76. The molecule has 1 heterocycles. The zero-order chi connectivity index (χ0) is 25.1. The van der Waals surface area contributed by atoms with Crippen molar-refractivity contribution in [1.29, 1.82) is 0 Å². The summed E-state index contributed by atoms with van der Waals surface area (Å²) in [6.45, 7) is 0. The van der Waals surface area contributed by atoms with Crippen molar-refractivity contribution in [3.8, 4) is 0 Å². The number of hydrogen-bond donors (Lipinski definition) is 2. The van der Waals surface area contributed by atoms with Gasteiger partial charge in [-0.1, -0.05) is 30.3 Å². The highest BCUT2D eigenvalue weighted by Crippen LogP contribution is 2.47. The molecule has 0 fully saturated rings. The number of ether oxygens (including phenoxy) is 1. The molecule has 1 amide bonds. The van der Waals surface area contributed by atoms with Crippen LogP contribution in [0.25, 0.3) is 0 Å². The Bertz CT molecular complexity index is 1020. The highest BCUT2D eigenvalue weighted by Gasteiger charge is 2.73. The molecule has 1 aromatic heterocycles. The van der Waals surface area contributed by atoms with Crippen molar-refractivity contribution in [2.75, 3.05) is 12.4 Å². The molecule has 2 aromatic rings. The molecule has 0 saturated heterocycles. The summed E-state index contributed by atoms with van der Waals surface area (Å²) in [4.78, 5) is 25.2. The van der Waals surface area contributed by atoms with Gasteiger partial charge in [-0.3, -0.25) is 4.79 Å². The van der Waals surface area contributed by atoms with Crippen molar-refractivity contribution in [3.05, 3.63) is 51.9 Å². The molecule has 1 aliphatic rings. The molecule has 0 atom stereocenters. The van der Waals surface area contributed by atoms with Crippen LogP contribution in [-0.4, -0.2) is 37.0 Å². The van der Waals surface area contributed by atoms with E-state index < -0.39 is 41.3 Å². The van der Waals surface area contributed by atoms with Gasteiger partial charge in [0.2, 0.25) is 5.91 Å². The Balaban J connectivity index is 1.99. The van der Waals surface area contributed by atoms with Crippen LogP contribution in [0.5, 0.6) is 0 Å². The first-order valence-electron chi connectivity index (χ1n) is 10.4. The van der Waals surface area contributed by atoms with E-state index in [0.717, 1.165) is 12.4 Å². The Kier molecular flexibility index (Phi) is 7.49. The molecule has 0 spiro atoms. The van der Waals surface area contributed by atoms with Crippen molar-refractivity contribution >= 4 is 28.2 Å². The smallest absolute Gasteiger partial charge is 0.439 e. The molecular weight excluding hydrogens is 486 g/mol. The number of nitrogens with one attached hydrogen (secondary N) is 2. The van der Waals surface area contributed by atoms with E-state index in [9.17, 15) is 35.9 Å². The van der Waals surface area contributed by atoms with E-state index in [-0.39, 0.29) is 12.0 Å². The molecule has 2 N–H and O–H groups in total. The summed E-state index contributed by atoms with van der Waals surface area (Å²) in [5.41, 5.74) is -4.21. The topological polar surface area (TPSA) is 67.4 Å². The normalized spacial score (nSPS) is 14.3. The number of aryl methyl sites for hydroxylation is 2. The fraction of sp³-hybridized carbons (Fsp3) is 0.455. The van der Waals surface area contributed by atoms with Crippen LogP contribution in [0, 0.1) is 0 Å². The number of benzene rings is 1. The van der Waals surface area contributed by atoms with Crippen LogP contribution in [0.2, 0.25) is 0 Å². The molecule has 0 saturated carbocycles. The van der Waals surface area contributed by atoms with Crippen LogP contribution in [0.4, 0.5) is 31.3 Å². The van der Waals surface area contributed by atoms with Crippen LogP contribution >= 0.6 is 11.3 Å². The van der Waals surface area contributed by atoms with Gasteiger partial charge < -0.3 is 15.4 Å². The number of amides is 1. The van der Waals surface area contributed by atoms with E-state index in [2.05, 4.69) is 4.74 Å². The third-order valence-corrected chi connectivity index (χ3v) is 6.73. The Labute approximate surface area is 195 Å². The quantitative estimate of drug-likeness (QED) is 0.299. The zero-order valence-corrected chi connectivity index (χ0v) is 18.8. The summed E-state index contributed by atoms with van der Waals surface area (Å²) in [5, 5.41) is 1.98. The first-order chi connectivity index (χ1) is 15.9. The van der Waals surface area contributed by atoms with Crippen LogP contribution in [-0.2, 0) is 28.8 Å². The molecule has 5 nitrogen and oxygen atoms in total. The second-order valence-corrected chi connectivity index (χ2v) is 8.92. The molecule has 3 rings (SSSR count). The maximum atomic E-state index is 14.1. The predicted molar refractivity (Wildman–Crippen MR) is 114 cm³/mol. The van der Waals surface area contributed by atoms with Gasteiger partial charge in [0.05, 0.1) is 12.7 Å². The predicted octanol–water partition coefficient (Wildman–Crippen LogP) is 5.40. The third-order valence-electron chi connectivity index (χ3n) is 5.52. The number of fused-ring (bicyclic) bond motifs is 1. The second-order valence-electron chi connectivity index (χ2n) is 7.81. The van der Waals surface area contributed by atoms with E-state index >= 15 is 0 Å². The highest BCUT2D eigenvalue weighted by molar-refractivity contribution is 7.16. The molecule has 0 unspecified atom stereocenters. The van der Waals surface area contributed by atoms with Gasteiger partial charge in [0.25, 0.3) is 0 Å². The average molecular weight is 508 g/mol. The molecule has 186 valence electrons. The minimum atomic E-state index is -5.98. The van der Waals surface area contributed by atoms with E-state index in [1.807, 2.05) is 0 Å². The molecule has 12 heteroatoms. The summed E-state index contributed by atoms with van der Waals surface area (Å²) in [6.07, 6.45) is -10.6. The molecule has 0 aliphatic heterocycles. The Morgan fingerprint density at radius 2 is 1.62 bits per heavy atom. The van der Waals surface area contributed by atoms with Gasteiger partial charge in [0.1, 0.15) is 5.00 Å². The lowest BCUT2D eigenvalue weighted by Gasteiger charge is -2.38. The van der Waals surface area contributed by atoms with Gasteiger partial charge in [0.15, 0.2) is 0 Å². The third kappa shape index (κ3) is 5.16. The summed E-state index contributed by atoms with van der Waals surface area (Å²) in [7, 11) is 0.991. The summed E-state index contributed by atoms with van der Waals surface area (Å²) < 4.78 is 89.1. The van der Waals surface area contributed by atoms with E-state index in [1.54, 1.807) is 30.3 Å². The van der Waals surface area contributed by atoms with Crippen LogP contribution in [0.3, 0.4) is 0 Å². The second kappa shape index (κ2) is 9.85. The van der Waals surface area contributed by atoms with Gasteiger partial charge in [-0.25, -0.2) is 4.79 Å². The largest absolute Gasteiger partial charge is 0.465 e. The minimum Gasteiger partial charge on any atom is -0.465 e. The number of methoxy groups -OCH3 is 1. The SMILES string of the molecule is COC(=O)c1c(NC(NC(=O)CCc2ccccc2)(C(F)(F)F)C(F)(F)F)sc2c1CCCC2. The molecule has 0 radical (unpaired) electrons. The number of thiophene rings is 1. The monoisotopic (exact) mass is 508 g/mol. The molecule has 1 aromatic carbocycles. The number of alkyl halides is 6. The van der Waals surface area contributed by atoms with Gasteiger partial charge in [-0.2, -0.15) is 26.3 Å². The molecular formula is C22H22F6N2O3S. The Morgan fingerprint density at radius 3 is 2.21 bits per heavy atom. The fourth-order valence-corrected chi connectivity index (χ4v) is 5.12. The number of anilines is 1. The Morgan fingerprint density at radius 1 is 1.00 bits per heavy atom. The number of esters is 1. The average Bonchev–Trinajstić information content (AvgIpc) is 3.13. The summed E-state index contributed by atoms with van der Waals surface area (Å²) >= 11 is 0.639. The van der Waals surface area contributed by atoms with Crippen LogP contribution in [0.1, 0.15) is 45.6 Å². The van der Waals surface area contributed by atoms with Crippen molar-refractivity contribution in [2.24, 2.45) is 0 Å². The summed E-state index contributed by atoms with van der Waals surface area (Å²) in [5.74, 6) is -2.50. The molecule has 34 heavy (non-hydrogen) atoms. The number of rotatable bonds is 7. The number of hydrogen-bond acceptors (Lipinski definition) is 5.